The zero-order valence-electron chi connectivity index (χ0n) is 11.9. The van der Waals surface area contributed by atoms with Gasteiger partial charge in [0.25, 0.3) is 0 Å². The van der Waals surface area contributed by atoms with Crippen molar-refractivity contribution in [3.05, 3.63) is 12.4 Å². The minimum Gasteiger partial charge on any atom is -0.361 e. The molecule has 108 valence electrons. The Labute approximate surface area is 123 Å². The lowest BCUT2D eigenvalue weighted by Crippen LogP contribution is -2.42. The van der Waals surface area contributed by atoms with Crippen molar-refractivity contribution in [3.63, 3.8) is 0 Å². The molecule has 20 heavy (non-hydrogen) atoms. The Morgan fingerprint density at radius 1 is 1.45 bits per heavy atom. The average Bonchev–Trinajstić information content (AvgIpc) is 2.98. The number of imidazole rings is 1. The number of piperidine rings is 1. The molecule has 7 heteroatoms. The first kappa shape index (κ1) is 13.6. The summed E-state index contributed by atoms with van der Waals surface area (Å²) in [5.74, 6) is 0.788. The zero-order valence-corrected chi connectivity index (χ0v) is 12.7. The molecule has 0 radical (unpaired) electrons. The van der Waals surface area contributed by atoms with Gasteiger partial charge in [0.05, 0.1) is 0 Å². The molecule has 3 rings (SSSR count). The molecular formula is C13H20N6S. The van der Waals surface area contributed by atoms with E-state index in [1.165, 1.54) is 19.4 Å². The van der Waals surface area contributed by atoms with Crippen LogP contribution in [0, 0.1) is 0 Å². The first-order chi connectivity index (χ1) is 9.81. The number of nitrogens with one attached hydrogen (secondary N) is 1. The third kappa shape index (κ3) is 2.60. The Morgan fingerprint density at radius 2 is 2.35 bits per heavy atom. The number of likely N-dealkylation sites (tertiary alicyclic amines) is 1. The van der Waals surface area contributed by atoms with Crippen LogP contribution < -0.4 is 5.32 Å². The Morgan fingerprint density at radius 3 is 3.15 bits per heavy atom. The number of likely N-dealkylation sites (N-methyl/N-ethyl adjacent to an activating group) is 1. The molecule has 2 aromatic rings. The molecule has 0 saturated carbocycles. The fraction of sp³-hybridized carbons (Fsp3) is 0.615. The maximum atomic E-state index is 4.40. The van der Waals surface area contributed by atoms with Gasteiger partial charge in [-0.2, -0.15) is 0 Å². The summed E-state index contributed by atoms with van der Waals surface area (Å²) in [7, 11) is 0. The second kappa shape index (κ2) is 5.97. The van der Waals surface area contributed by atoms with Crippen molar-refractivity contribution >= 4 is 23.2 Å². The molecule has 0 aromatic carbocycles. The van der Waals surface area contributed by atoms with Crippen LogP contribution in [-0.2, 0) is 0 Å². The van der Waals surface area contributed by atoms with Crippen molar-refractivity contribution in [2.45, 2.75) is 31.0 Å². The Kier molecular flexibility index (Phi) is 4.07. The van der Waals surface area contributed by atoms with Gasteiger partial charge in [-0.15, -0.1) is 10.2 Å². The molecule has 6 nitrogen and oxygen atoms in total. The Bertz CT molecular complexity index is 583. The standard InChI is InChI=1S/C13H20N6S/c1-3-18-7-4-5-10(9-18)15-11-12-14-6-8-19(12)13(20-2)17-16-11/h6,8,10H,3-5,7,9H2,1-2H3,(H,15,16)/t10-/m1/s1. The molecule has 0 amide bonds. The minimum absolute atomic E-state index is 0.429. The van der Waals surface area contributed by atoms with Gasteiger partial charge < -0.3 is 10.2 Å². The van der Waals surface area contributed by atoms with Gasteiger partial charge in [0, 0.05) is 25.0 Å². The largest absolute Gasteiger partial charge is 0.361 e. The third-order valence-corrected chi connectivity index (χ3v) is 4.41. The highest BCUT2D eigenvalue weighted by Gasteiger charge is 2.20. The second-order valence-electron chi connectivity index (χ2n) is 5.03. The van der Waals surface area contributed by atoms with Crippen LogP contribution in [0.15, 0.2) is 17.6 Å². The summed E-state index contributed by atoms with van der Waals surface area (Å²) < 4.78 is 1.99. The molecule has 1 atom stereocenters. The minimum atomic E-state index is 0.429. The molecule has 1 saturated heterocycles. The highest BCUT2D eigenvalue weighted by Crippen LogP contribution is 2.20. The second-order valence-corrected chi connectivity index (χ2v) is 5.81. The predicted octanol–water partition coefficient (Wildman–Crippen LogP) is 1.74. The summed E-state index contributed by atoms with van der Waals surface area (Å²) in [6.07, 6.45) is 8.13. The maximum Gasteiger partial charge on any atom is 0.195 e. The van der Waals surface area contributed by atoms with Crippen LogP contribution in [0.25, 0.3) is 5.65 Å². The van der Waals surface area contributed by atoms with Gasteiger partial charge in [-0.3, -0.25) is 4.40 Å². The van der Waals surface area contributed by atoms with Crippen molar-refractivity contribution in [1.29, 1.82) is 0 Å². The molecule has 1 fully saturated rings. The molecule has 0 bridgehead atoms. The number of hydrogen-bond donors (Lipinski definition) is 1. The Balaban J connectivity index is 1.82. The van der Waals surface area contributed by atoms with E-state index in [4.69, 9.17) is 0 Å². The molecule has 3 heterocycles. The van der Waals surface area contributed by atoms with Crippen LogP contribution in [-0.4, -0.2) is 56.4 Å². The molecule has 1 aliphatic rings. The zero-order chi connectivity index (χ0) is 13.9. The van der Waals surface area contributed by atoms with Gasteiger partial charge in [-0.1, -0.05) is 18.7 Å². The molecule has 1 N–H and O–H groups in total. The van der Waals surface area contributed by atoms with Gasteiger partial charge in [-0.25, -0.2) is 4.98 Å². The van der Waals surface area contributed by atoms with E-state index in [-0.39, 0.29) is 0 Å². The summed E-state index contributed by atoms with van der Waals surface area (Å²) in [6.45, 7) is 5.58. The highest BCUT2D eigenvalue weighted by molar-refractivity contribution is 7.98. The van der Waals surface area contributed by atoms with E-state index in [0.717, 1.165) is 29.7 Å². The van der Waals surface area contributed by atoms with Gasteiger partial charge in [0.15, 0.2) is 16.6 Å². The summed E-state index contributed by atoms with van der Waals surface area (Å²) in [5.41, 5.74) is 0.859. The van der Waals surface area contributed by atoms with Crippen LogP contribution in [0.1, 0.15) is 19.8 Å². The van der Waals surface area contributed by atoms with Gasteiger partial charge in [0.1, 0.15) is 0 Å². The summed E-state index contributed by atoms with van der Waals surface area (Å²) in [4.78, 5) is 6.87. The van der Waals surface area contributed by atoms with Crippen molar-refractivity contribution in [2.75, 3.05) is 31.2 Å². The molecule has 0 spiro atoms. The number of fused-ring (bicyclic) bond motifs is 1. The van der Waals surface area contributed by atoms with Crippen molar-refractivity contribution in [1.82, 2.24) is 24.5 Å². The topological polar surface area (TPSA) is 58.3 Å². The monoisotopic (exact) mass is 292 g/mol. The molecule has 0 unspecified atom stereocenters. The SMILES string of the molecule is CCN1CCC[C@@H](Nc2nnc(SC)n3ccnc23)C1. The van der Waals surface area contributed by atoms with Crippen molar-refractivity contribution < 1.29 is 0 Å². The summed E-state index contributed by atoms with van der Waals surface area (Å²) >= 11 is 1.58. The van der Waals surface area contributed by atoms with E-state index in [9.17, 15) is 0 Å². The van der Waals surface area contributed by atoms with E-state index in [2.05, 4.69) is 32.3 Å². The molecule has 0 aliphatic carbocycles. The fourth-order valence-electron chi connectivity index (χ4n) is 2.71. The van der Waals surface area contributed by atoms with Crippen LogP contribution in [0.2, 0.25) is 0 Å². The summed E-state index contributed by atoms with van der Waals surface area (Å²) in [5, 5.41) is 13.0. The average molecular weight is 292 g/mol. The van der Waals surface area contributed by atoms with E-state index in [1.807, 2.05) is 16.9 Å². The fourth-order valence-corrected chi connectivity index (χ4v) is 3.17. The lowest BCUT2D eigenvalue weighted by Gasteiger charge is -2.32. The van der Waals surface area contributed by atoms with Gasteiger partial charge >= 0.3 is 0 Å². The number of aromatic nitrogens is 4. The van der Waals surface area contributed by atoms with Gasteiger partial charge in [0.2, 0.25) is 0 Å². The predicted molar refractivity (Wildman–Crippen MR) is 81.3 cm³/mol. The molecule has 1 aliphatic heterocycles. The molecular weight excluding hydrogens is 272 g/mol. The number of rotatable bonds is 4. The van der Waals surface area contributed by atoms with Crippen molar-refractivity contribution in [2.24, 2.45) is 0 Å². The summed E-state index contributed by atoms with van der Waals surface area (Å²) in [6, 6.07) is 0.429. The lowest BCUT2D eigenvalue weighted by atomic mass is 10.1. The Hall–Kier alpha value is -1.34. The van der Waals surface area contributed by atoms with Crippen LogP contribution in [0.3, 0.4) is 0 Å². The number of nitrogens with zero attached hydrogens (tertiary/aromatic N) is 5. The first-order valence-corrected chi connectivity index (χ1v) is 8.27. The lowest BCUT2D eigenvalue weighted by molar-refractivity contribution is 0.226. The first-order valence-electron chi connectivity index (χ1n) is 7.04. The van der Waals surface area contributed by atoms with Gasteiger partial charge in [-0.05, 0) is 32.2 Å². The van der Waals surface area contributed by atoms with E-state index < -0.39 is 0 Å². The van der Waals surface area contributed by atoms with E-state index in [0.29, 0.717) is 6.04 Å². The van der Waals surface area contributed by atoms with Crippen LogP contribution in [0.5, 0.6) is 0 Å². The number of anilines is 1. The molecule has 2 aromatic heterocycles. The van der Waals surface area contributed by atoms with E-state index >= 15 is 0 Å². The third-order valence-electron chi connectivity index (χ3n) is 3.77. The number of thioether (sulfide) groups is 1. The van der Waals surface area contributed by atoms with Crippen LogP contribution in [0.4, 0.5) is 5.82 Å². The number of hydrogen-bond acceptors (Lipinski definition) is 6. The quantitative estimate of drug-likeness (QED) is 0.866. The van der Waals surface area contributed by atoms with Crippen molar-refractivity contribution in [3.8, 4) is 0 Å². The van der Waals surface area contributed by atoms with E-state index in [1.54, 1.807) is 18.0 Å². The normalized spacial score (nSPS) is 20.4. The van der Waals surface area contributed by atoms with Crippen LogP contribution >= 0.6 is 11.8 Å². The highest BCUT2D eigenvalue weighted by atomic mass is 32.2. The smallest absolute Gasteiger partial charge is 0.195 e. The maximum absolute atomic E-state index is 4.40.